The second-order valence-corrected chi connectivity index (χ2v) is 13.3. The van der Waals surface area contributed by atoms with Gasteiger partial charge >= 0.3 is 5.97 Å². The fourth-order valence-corrected chi connectivity index (χ4v) is 9.59. The maximum Gasteiger partial charge on any atom is 0.303 e. The van der Waals surface area contributed by atoms with Crippen molar-refractivity contribution in [3.8, 4) is 0 Å². The second kappa shape index (κ2) is 9.78. The number of ether oxygens (including phenoxy) is 1. The molecule has 10 atom stereocenters. The second-order valence-electron chi connectivity index (χ2n) is 13.3. The lowest BCUT2D eigenvalue weighted by atomic mass is 9.45. The Bertz CT molecular complexity index is 873. The van der Waals surface area contributed by atoms with Crippen molar-refractivity contribution < 1.29 is 19.1 Å². The number of esters is 1. The Morgan fingerprint density at radius 3 is 2.37 bits per heavy atom. The number of carbonyl (C=O) groups excluding carboxylic acids is 3. The normalized spacial score (nSPS) is 40.9. The van der Waals surface area contributed by atoms with Crippen molar-refractivity contribution in [3.63, 3.8) is 0 Å². The lowest BCUT2D eigenvalue weighted by Gasteiger charge is -2.59. The Morgan fingerprint density at radius 2 is 1.74 bits per heavy atom. The fraction of sp³-hybridized carbons (Fsp3) is 0.839. The molecule has 4 nitrogen and oxygen atoms in total. The van der Waals surface area contributed by atoms with Gasteiger partial charge in [-0.25, -0.2) is 0 Å². The van der Waals surface area contributed by atoms with Crippen molar-refractivity contribution in [1.29, 1.82) is 0 Å². The van der Waals surface area contributed by atoms with E-state index in [0.29, 0.717) is 29.5 Å². The molecule has 196 valence electrons. The van der Waals surface area contributed by atoms with Crippen LogP contribution in [-0.4, -0.2) is 23.6 Å². The van der Waals surface area contributed by atoms with Crippen LogP contribution >= 0.6 is 0 Å². The fourth-order valence-electron chi connectivity index (χ4n) is 9.59. The first kappa shape index (κ1) is 26.6. The Balaban J connectivity index is 1.60. The van der Waals surface area contributed by atoms with E-state index in [0.717, 1.165) is 44.9 Å². The van der Waals surface area contributed by atoms with E-state index < -0.39 is 6.10 Å². The summed E-state index contributed by atoms with van der Waals surface area (Å²) in [5.41, 5.74) is 0.189. The zero-order valence-corrected chi connectivity index (χ0v) is 23.1. The molecule has 0 amide bonds. The van der Waals surface area contributed by atoms with E-state index in [-0.39, 0.29) is 46.3 Å². The molecule has 0 heterocycles. The molecule has 3 saturated carbocycles. The summed E-state index contributed by atoms with van der Waals surface area (Å²) in [6.45, 7) is 14.6. The molecule has 4 heteroatoms. The molecule has 0 aromatic heterocycles. The van der Waals surface area contributed by atoms with Crippen LogP contribution in [0.2, 0.25) is 0 Å². The van der Waals surface area contributed by atoms with Crippen LogP contribution in [0, 0.1) is 58.2 Å². The van der Waals surface area contributed by atoms with Crippen molar-refractivity contribution in [2.24, 2.45) is 58.2 Å². The van der Waals surface area contributed by atoms with Crippen LogP contribution in [0.25, 0.3) is 0 Å². The zero-order chi connectivity index (χ0) is 25.7. The topological polar surface area (TPSA) is 60.4 Å². The Labute approximate surface area is 213 Å². The predicted octanol–water partition coefficient (Wildman–Crippen LogP) is 6.81. The molecule has 0 N–H and O–H groups in total. The first-order chi connectivity index (χ1) is 16.5. The average Bonchev–Trinajstić information content (AvgIpc) is 3.14. The molecule has 0 radical (unpaired) electrons. The first-order valence-electron chi connectivity index (χ1n) is 14.3. The van der Waals surface area contributed by atoms with Crippen molar-refractivity contribution in [3.05, 3.63) is 12.2 Å². The molecular formula is C31H48O4. The number of carbonyl (C=O) groups is 3. The number of rotatable bonds is 7. The summed E-state index contributed by atoms with van der Waals surface area (Å²) in [7, 11) is 0. The van der Waals surface area contributed by atoms with Gasteiger partial charge in [-0.15, -0.1) is 0 Å². The Morgan fingerprint density at radius 1 is 1.06 bits per heavy atom. The van der Waals surface area contributed by atoms with E-state index in [1.807, 2.05) is 0 Å². The van der Waals surface area contributed by atoms with Gasteiger partial charge in [-0.1, -0.05) is 53.7 Å². The lowest BCUT2D eigenvalue weighted by Crippen LogP contribution is -2.56. The van der Waals surface area contributed by atoms with Crippen molar-refractivity contribution in [2.75, 3.05) is 0 Å². The molecule has 4 rings (SSSR count). The Kier molecular flexibility index (Phi) is 7.44. The standard InChI is InChI=1S/C31H48O4/c1-8-21(18(2)3)28(34)29(35-20(5)32)19(4)23-12-13-24-22-17-27(33)26-11-9-10-15-30(26,6)25(22)14-16-31(23,24)7/h9-10,18-19,21-26,29H,8,11-17H2,1-7H3/t19-,21-,22-,23+,24-,25-,26+,29+,30+,31+/m0/s1. The molecule has 0 spiro atoms. The third-order valence-corrected chi connectivity index (χ3v) is 11.4. The molecule has 0 aromatic rings. The van der Waals surface area contributed by atoms with Gasteiger partial charge in [-0.2, -0.15) is 0 Å². The zero-order valence-electron chi connectivity index (χ0n) is 23.1. The van der Waals surface area contributed by atoms with Gasteiger partial charge in [0.05, 0.1) is 0 Å². The van der Waals surface area contributed by atoms with Crippen LogP contribution in [0.1, 0.15) is 99.8 Å². The average molecular weight is 485 g/mol. The molecule has 0 aliphatic heterocycles. The minimum atomic E-state index is -0.670. The van der Waals surface area contributed by atoms with E-state index in [2.05, 4.69) is 53.7 Å². The van der Waals surface area contributed by atoms with E-state index in [1.54, 1.807) is 0 Å². The van der Waals surface area contributed by atoms with E-state index in [1.165, 1.54) is 13.3 Å². The van der Waals surface area contributed by atoms with Gasteiger partial charge in [0.2, 0.25) is 0 Å². The number of hydrogen-bond donors (Lipinski definition) is 0. The smallest absolute Gasteiger partial charge is 0.303 e. The summed E-state index contributed by atoms with van der Waals surface area (Å²) in [6, 6.07) is 0. The van der Waals surface area contributed by atoms with Crippen LogP contribution < -0.4 is 0 Å². The van der Waals surface area contributed by atoms with Gasteiger partial charge in [0.1, 0.15) is 5.78 Å². The summed E-state index contributed by atoms with van der Waals surface area (Å²) < 4.78 is 5.80. The summed E-state index contributed by atoms with van der Waals surface area (Å²) >= 11 is 0. The molecular weight excluding hydrogens is 436 g/mol. The van der Waals surface area contributed by atoms with E-state index in [4.69, 9.17) is 4.74 Å². The number of hydrogen-bond acceptors (Lipinski definition) is 4. The molecule has 0 bridgehead atoms. The highest BCUT2D eigenvalue weighted by molar-refractivity contribution is 5.88. The summed E-state index contributed by atoms with van der Waals surface area (Å²) in [5.74, 6) is 2.46. The molecule has 3 fully saturated rings. The van der Waals surface area contributed by atoms with Gasteiger partial charge in [-0.3, -0.25) is 14.4 Å². The van der Waals surface area contributed by atoms with Gasteiger partial charge in [0.25, 0.3) is 0 Å². The maximum absolute atomic E-state index is 13.7. The summed E-state index contributed by atoms with van der Waals surface area (Å²) in [6.07, 6.45) is 11.8. The number of fused-ring (bicyclic) bond motifs is 5. The van der Waals surface area contributed by atoms with Crippen LogP contribution in [0.15, 0.2) is 12.2 Å². The first-order valence-corrected chi connectivity index (χ1v) is 14.3. The number of ketones is 2. The van der Waals surface area contributed by atoms with Gasteiger partial charge in [0, 0.05) is 31.1 Å². The highest BCUT2D eigenvalue weighted by atomic mass is 16.5. The lowest BCUT2D eigenvalue weighted by molar-refractivity contribution is -0.163. The molecule has 0 saturated heterocycles. The van der Waals surface area contributed by atoms with Gasteiger partial charge in [0.15, 0.2) is 11.9 Å². The van der Waals surface area contributed by atoms with Crippen LogP contribution in [0.3, 0.4) is 0 Å². The van der Waals surface area contributed by atoms with Crippen LogP contribution in [0.5, 0.6) is 0 Å². The Hall–Kier alpha value is -1.45. The third kappa shape index (κ3) is 4.35. The van der Waals surface area contributed by atoms with Crippen LogP contribution in [0.4, 0.5) is 0 Å². The minimum absolute atomic E-state index is 0.00834. The largest absolute Gasteiger partial charge is 0.454 e. The molecule has 35 heavy (non-hydrogen) atoms. The van der Waals surface area contributed by atoms with E-state index in [9.17, 15) is 14.4 Å². The summed E-state index contributed by atoms with van der Waals surface area (Å²) in [5, 5.41) is 0. The highest BCUT2D eigenvalue weighted by Gasteiger charge is 2.62. The SMILES string of the molecule is CC[C@H](C(=O)[C@H](OC(C)=O)[C@@H](C)[C@H]1CC[C@H]2[C@@H]3CC(=O)[C@H]4CC=CC[C@]4(C)[C@H]3CC[C@]12C)C(C)C. The number of allylic oxidation sites excluding steroid dienone is 2. The highest BCUT2D eigenvalue weighted by Crippen LogP contribution is 2.67. The third-order valence-electron chi connectivity index (χ3n) is 11.4. The van der Waals surface area contributed by atoms with Crippen LogP contribution in [-0.2, 0) is 19.1 Å². The van der Waals surface area contributed by atoms with Gasteiger partial charge in [-0.05, 0) is 85.4 Å². The molecule has 0 aromatic carbocycles. The maximum atomic E-state index is 13.7. The number of Topliss-reactive ketones (excluding diaryl/α,β-unsaturated/α-hetero) is 2. The van der Waals surface area contributed by atoms with Gasteiger partial charge < -0.3 is 4.74 Å². The molecule has 0 unspecified atom stereocenters. The van der Waals surface area contributed by atoms with Crippen molar-refractivity contribution >= 4 is 17.5 Å². The van der Waals surface area contributed by atoms with Crippen molar-refractivity contribution in [2.45, 2.75) is 106 Å². The van der Waals surface area contributed by atoms with E-state index >= 15 is 0 Å². The monoisotopic (exact) mass is 484 g/mol. The molecule has 4 aliphatic carbocycles. The predicted molar refractivity (Wildman–Crippen MR) is 138 cm³/mol. The van der Waals surface area contributed by atoms with Crippen molar-refractivity contribution in [1.82, 2.24) is 0 Å². The molecule has 4 aliphatic rings. The summed E-state index contributed by atoms with van der Waals surface area (Å²) in [4.78, 5) is 39.1. The quantitative estimate of drug-likeness (QED) is 0.294. The minimum Gasteiger partial charge on any atom is -0.454 e.